The van der Waals surface area contributed by atoms with Gasteiger partial charge in [-0.1, -0.05) is 0 Å². The summed E-state index contributed by atoms with van der Waals surface area (Å²) in [6, 6.07) is 0.0652. The zero-order valence-corrected chi connectivity index (χ0v) is 10.2. The molecule has 0 amide bonds. The summed E-state index contributed by atoms with van der Waals surface area (Å²) in [4.78, 5) is 5.84. The molecule has 1 aliphatic heterocycles. The highest BCUT2D eigenvalue weighted by Crippen LogP contribution is 2.38. The Kier molecular flexibility index (Phi) is 3.21. The first-order valence-electron chi connectivity index (χ1n) is 5.96. The Hall–Kier alpha value is -0.970. The van der Waals surface area contributed by atoms with Crippen LogP contribution in [-0.4, -0.2) is 35.3 Å². The second-order valence-corrected chi connectivity index (χ2v) is 5.33. The van der Waals surface area contributed by atoms with Gasteiger partial charge in [-0.15, -0.1) is 0 Å². The SMILES string of the molecule is CC(C)(C(N)C1CC1)N1C=CC(C(F)F)=NC1. The van der Waals surface area contributed by atoms with Gasteiger partial charge in [0, 0.05) is 12.2 Å². The van der Waals surface area contributed by atoms with Crippen molar-refractivity contribution in [2.75, 3.05) is 6.67 Å². The number of nitrogens with two attached hydrogens (primary N) is 1. The maximum atomic E-state index is 12.4. The van der Waals surface area contributed by atoms with E-state index in [-0.39, 0.29) is 24.0 Å². The maximum absolute atomic E-state index is 12.4. The Balaban J connectivity index is 2.03. The highest BCUT2D eigenvalue weighted by Gasteiger charge is 2.41. The summed E-state index contributed by atoms with van der Waals surface area (Å²) in [7, 11) is 0. The molecule has 5 heteroatoms. The van der Waals surface area contributed by atoms with Crippen molar-refractivity contribution in [1.29, 1.82) is 0 Å². The molecule has 0 saturated heterocycles. The van der Waals surface area contributed by atoms with Crippen molar-refractivity contribution in [3.63, 3.8) is 0 Å². The number of halogens is 2. The molecule has 0 radical (unpaired) electrons. The molecule has 2 aliphatic rings. The second kappa shape index (κ2) is 4.37. The first kappa shape index (κ1) is 12.5. The van der Waals surface area contributed by atoms with Gasteiger partial charge in [0.25, 0.3) is 6.43 Å². The minimum atomic E-state index is -2.49. The van der Waals surface area contributed by atoms with Gasteiger partial charge in [-0.05, 0) is 38.7 Å². The van der Waals surface area contributed by atoms with Crippen molar-refractivity contribution >= 4 is 5.71 Å². The lowest BCUT2D eigenvalue weighted by Crippen LogP contribution is -2.55. The van der Waals surface area contributed by atoms with Crippen LogP contribution in [0.15, 0.2) is 17.3 Å². The zero-order valence-electron chi connectivity index (χ0n) is 10.2. The van der Waals surface area contributed by atoms with Crippen molar-refractivity contribution in [1.82, 2.24) is 4.90 Å². The molecule has 96 valence electrons. The van der Waals surface area contributed by atoms with E-state index in [1.165, 1.54) is 18.9 Å². The topological polar surface area (TPSA) is 41.6 Å². The van der Waals surface area contributed by atoms with Crippen LogP contribution in [0.2, 0.25) is 0 Å². The lowest BCUT2D eigenvalue weighted by atomic mass is 9.90. The summed E-state index contributed by atoms with van der Waals surface area (Å²) in [6.07, 6.45) is 2.93. The molecule has 3 nitrogen and oxygen atoms in total. The Morgan fingerprint density at radius 1 is 1.47 bits per heavy atom. The number of nitrogens with zero attached hydrogens (tertiary/aromatic N) is 2. The molecular formula is C12H19F2N3. The lowest BCUT2D eigenvalue weighted by molar-refractivity contribution is 0.140. The van der Waals surface area contributed by atoms with Crippen LogP contribution in [0.4, 0.5) is 8.78 Å². The molecule has 1 heterocycles. The molecule has 0 aromatic carbocycles. The van der Waals surface area contributed by atoms with Crippen molar-refractivity contribution in [2.45, 2.75) is 44.7 Å². The molecule has 1 saturated carbocycles. The molecule has 17 heavy (non-hydrogen) atoms. The van der Waals surface area contributed by atoms with Crippen LogP contribution in [-0.2, 0) is 0 Å². The van der Waals surface area contributed by atoms with Crippen LogP contribution in [0.1, 0.15) is 26.7 Å². The summed E-state index contributed by atoms with van der Waals surface area (Å²) in [5, 5.41) is 0. The summed E-state index contributed by atoms with van der Waals surface area (Å²) >= 11 is 0. The van der Waals surface area contributed by atoms with Gasteiger partial charge >= 0.3 is 0 Å². The predicted octanol–water partition coefficient (Wildman–Crippen LogP) is 2.00. The monoisotopic (exact) mass is 243 g/mol. The smallest absolute Gasteiger partial charge is 0.280 e. The fraction of sp³-hybridized carbons (Fsp3) is 0.750. The molecule has 1 fully saturated rings. The summed E-state index contributed by atoms with van der Waals surface area (Å²) in [6.45, 7) is 4.36. The standard InChI is InChI=1S/C12H19F2N3/c1-12(2,10(15)8-3-4-8)17-6-5-9(11(13)14)16-7-17/h5-6,8,10-11H,3-4,7,15H2,1-2H3. The van der Waals surface area contributed by atoms with E-state index in [1.807, 2.05) is 18.7 Å². The first-order valence-corrected chi connectivity index (χ1v) is 5.96. The van der Waals surface area contributed by atoms with Crippen LogP contribution in [0.25, 0.3) is 0 Å². The molecular weight excluding hydrogens is 224 g/mol. The zero-order chi connectivity index (χ0) is 12.6. The van der Waals surface area contributed by atoms with Crippen LogP contribution in [0.5, 0.6) is 0 Å². The van der Waals surface area contributed by atoms with E-state index in [0.29, 0.717) is 5.92 Å². The molecule has 1 unspecified atom stereocenters. The molecule has 0 spiro atoms. The van der Waals surface area contributed by atoms with E-state index in [4.69, 9.17) is 5.73 Å². The van der Waals surface area contributed by atoms with E-state index in [2.05, 4.69) is 4.99 Å². The average molecular weight is 243 g/mol. The number of aliphatic imine (C=N–C) groups is 1. The quantitative estimate of drug-likeness (QED) is 0.820. The van der Waals surface area contributed by atoms with Gasteiger partial charge in [0.1, 0.15) is 12.4 Å². The predicted molar refractivity (Wildman–Crippen MR) is 64.1 cm³/mol. The number of alkyl halides is 2. The third-order valence-corrected chi connectivity index (χ3v) is 3.74. The van der Waals surface area contributed by atoms with E-state index in [0.717, 1.165) is 0 Å². The van der Waals surface area contributed by atoms with Crippen LogP contribution in [0, 0.1) is 5.92 Å². The molecule has 1 atom stereocenters. The summed E-state index contributed by atoms with van der Waals surface area (Å²) in [5.74, 6) is 0.568. The second-order valence-electron chi connectivity index (χ2n) is 5.33. The van der Waals surface area contributed by atoms with Gasteiger partial charge < -0.3 is 10.6 Å². The van der Waals surface area contributed by atoms with E-state index < -0.39 is 6.43 Å². The van der Waals surface area contributed by atoms with Crippen LogP contribution < -0.4 is 5.73 Å². The molecule has 2 rings (SSSR count). The number of rotatable bonds is 4. The maximum Gasteiger partial charge on any atom is 0.280 e. The minimum Gasteiger partial charge on any atom is -0.352 e. The van der Waals surface area contributed by atoms with Crippen molar-refractivity contribution in [3.05, 3.63) is 12.3 Å². The fourth-order valence-electron chi connectivity index (χ4n) is 2.16. The Bertz CT molecular complexity index is 346. The molecule has 0 bridgehead atoms. The first-order chi connectivity index (χ1) is 7.93. The average Bonchev–Trinajstić information content (AvgIpc) is 3.12. The van der Waals surface area contributed by atoms with Gasteiger partial charge in [0.2, 0.25) is 0 Å². The molecule has 1 aliphatic carbocycles. The van der Waals surface area contributed by atoms with Crippen molar-refractivity contribution in [3.8, 4) is 0 Å². The molecule has 0 aromatic rings. The number of hydrogen-bond donors (Lipinski definition) is 1. The third kappa shape index (κ3) is 2.49. The van der Waals surface area contributed by atoms with Crippen LogP contribution >= 0.6 is 0 Å². The number of allylic oxidation sites excluding steroid dienone is 1. The van der Waals surface area contributed by atoms with E-state index in [1.54, 1.807) is 6.20 Å². The van der Waals surface area contributed by atoms with Gasteiger partial charge in [0.05, 0.1) is 5.54 Å². The fourth-order valence-corrected chi connectivity index (χ4v) is 2.16. The Morgan fingerprint density at radius 3 is 2.53 bits per heavy atom. The largest absolute Gasteiger partial charge is 0.352 e. The van der Waals surface area contributed by atoms with E-state index >= 15 is 0 Å². The summed E-state index contributed by atoms with van der Waals surface area (Å²) in [5.41, 5.74) is 5.83. The third-order valence-electron chi connectivity index (χ3n) is 3.74. The highest BCUT2D eigenvalue weighted by atomic mass is 19.3. The molecule has 2 N–H and O–H groups in total. The lowest BCUT2D eigenvalue weighted by Gasteiger charge is -2.42. The number of hydrogen-bond acceptors (Lipinski definition) is 3. The highest BCUT2D eigenvalue weighted by molar-refractivity contribution is 5.97. The Labute approximate surface area is 100 Å². The van der Waals surface area contributed by atoms with Crippen molar-refractivity contribution in [2.24, 2.45) is 16.6 Å². The van der Waals surface area contributed by atoms with Gasteiger partial charge in [0.15, 0.2) is 0 Å². The summed E-state index contributed by atoms with van der Waals surface area (Å²) < 4.78 is 24.8. The Morgan fingerprint density at radius 2 is 2.12 bits per heavy atom. The van der Waals surface area contributed by atoms with Gasteiger partial charge in [-0.25, -0.2) is 8.78 Å². The van der Waals surface area contributed by atoms with Gasteiger partial charge in [-0.3, -0.25) is 4.99 Å². The van der Waals surface area contributed by atoms with E-state index in [9.17, 15) is 8.78 Å². The van der Waals surface area contributed by atoms with Gasteiger partial charge in [-0.2, -0.15) is 0 Å². The van der Waals surface area contributed by atoms with Crippen LogP contribution in [0.3, 0.4) is 0 Å². The minimum absolute atomic E-state index is 0.0652. The molecule has 0 aromatic heterocycles. The van der Waals surface area contributed by atoms with Crippen molar-refractivity contribution < 1.29 is 8.78 Å². The normalized spacial score (nSPS) is 22.9.